The summed E-state index contributed by atoms with van der Waals surface area (Å²) in [5, 5.41) is 3.75. The van der Waals surface area contributed by atoms with Crippen LogP contribution in [0.5, 0.6) is 0 Å². The highest BCUT2D eigenvalue weighted by Gasteiger charge is 2.37. The van der Waals surface area contributed by atoms with Crippen LogP contribution in [0.3, 0.4) is 0 Å². The summed E-state index contributed by atoms with van der Waals surface area (Å²) in [5.74, 6) is -0.290. The number of likely N-dealkylation sites (N-methyl/N-ethyl adjacent to an activating group) is 1. The topological polar surface area (TPSA) is 21.3 Å². The average molecular weight is 288 g/mol. The minimum absolute atomic E-state index is 0.185. The zero-order valence-electron chi connectivity index (χ0n) is 12.1. The van der Waals surface area contributed by atoms with Gasteiger partial charge in [0.05, 0.1) is 11.6 Å². The molecule has 2 nitrogen and oxygen atoms in total. The van der Waals surface area contributed by atoms with E-state index < -0.39 is 5.60 Å². The average Bonchev–Trinajstić information content (AvgIpc) is 2.40. The molecule has 0 aliphatic rings. The van der Waals surface area contributed by atoms with Gasteiger partial charge >= 0.3 is 0 Å². The van der Waals surface area contributed by atoms with Crippen LogP contribution in [0.2, 0.25) is 5.02 Å². The summed E-state index contributed by atoms with van der Waals surface area (Å²) in [7, 11) is 1.69. The summed E-state index contributed by atoms with van der Waals surface area (Å²) in [4.78, 5) is 0. The zero-order chi connectivity index (χ0) is 14.5. The molecular formula is C15H23ClFNO. The molecule has 0 aliphatic carbocycles. The van der Waals surface area contributed by atoms with Gasteiger partial charge in [0.2, 0.25) is 0 Å². The molecule has 108 valence electrons. The molecule has 0 saturated carbocycles. The molecule has 1 aromatic rings. The van der Waals surface area contributed by atoms with E-state index in [4.69, 9.17) is 16.3 Å². The van der Waals surface area contributed by atoms with Gasteiger partial charge in [0.25, 0.3) is 0 Å². The van der Waals surface area contributed by atoms with Crippen molar-refractivity contribution in [1.29, 1.82) is 0 Å². The van der Waals surface area contributed by atoms with E-state index in [9.17, 15) is 4.39 Å². The van der Waals surface area contributed by atoms with Gasteiger partial charge in [0.1, 0.15) is 5.82 Å². The van der Waals surface area contributed by atoms with Gasteiger partial charge in [-0.3, -0.25) is 0 Å². The summed E-state index contributed by atoms with van der Waals surface area (Å²) < 4.78 is 19.9. The van der Waals surface area contributed by atoms with Gasteiger partial charge in [-0.2, -0.15) is 0 Å². The van der Waals surface area contributed by atoms with Gasteiger partial charge in [0, 0.05) is 17.7 Å². The van der Waals surface area contributed by atoms with Crippen molar-refractivity contribution in [2.75, 3.05) is 13.7 Å². The molecule has 0 fully saturated rings. The molecule has 0 spiro atoms. The Morgan fingerprint density at radius 2 is 1.95 bits per heavy atom. The first-order valence-corrected chi connectivity index (χ1v) is 7.15. The molecule has 19 heavy (non-hydrogen) atoms. The highest BCUT2D eigenvalue weighted by molar-refractivity contribution is 6.30. The quantitative estimate of drug-likeness (QED) is 0.806. The van der Waals surface area contributed by atoms with Gasteiger partial charge in [0.15, 0.2) is 0 Å². The van der Waals surface area contributed by atoms with Gasteiger partial charge < -0.3 is 10.1 Å². The van der Waals surface area contributed by atoms with E-state index in [1.165, 1.54) is 6.07 Å². The summed E-state index contributed by atoms with van der Waals surface area (Å²) in [6, 6.07) is 4.63. The van der Waals surface area contributed by atoms with E-state index in [1.54, 1.807) is 19.2 Å². The predicted octanol–water partition coefficient (Wildman–Crippen LogP) is 4.33. The third-order valence-electron chi connectivity index (χ3n) is 3.81. The van der Waals surface area contributed by atoms with Crippen LogP contribution < -0.4 is 5.32 Å². The maximum Gasteiger partial charge on any atom is 0.129 e. The Morgan fingerprint density at radius 3 is 2.37 bits per heavy atom. The predicted molar refractivity (Wildman–Crippen MR) is 78.1 cm³/mol. The third-order valence-corrected chi connectivity index (χ3v) is 4.05. The molecule has 0 saturated heterocycles. The van der Waals surface area contributed by atoms with E-state index >= 15 is 0 Å². The van der Waals surface area contributed by atoms with E-state index in [-0.39, 0.29) is 11.9 Å². The van der Waals surface area contributed by atoms with Crippen molar-refractivity contribution >= 4 is 11.6 Å². The van der Waals surface area contributed by atoms with Gasteiger partial charge in [-0.1, -0.05) is 38.4 Å². The molecule has 1 N–H and O–H groups in total. The number of hydrogen-bond acceptors (Lipinski definition) is 2. The standard InChI is InChI=1S/C15H23ClFNO/c1-5-15(6-2,19-4)14(18-7-3)12-9-8-11(16)10-13(12)17/h8-10,14,18H,5-7H2,1-4H3. The van der Waals surface area contributed by atoms with Crippen LogP contribution in [0.1, 0.15) is 45.2 Å². The molecule has 1 unspecified atom stereocenters. The number of methoxy groups -OCH3 is 1. The molecule has 0 heterocycles. The number of nitrogens with one attached hydrogen (secondary N) is 1. The van der Waals surface area contributed by atoms with Crippen LogP contribution in [0, 0.1) is 5.82 Å². The van der Waals surface area contributed by atoms with E-state index in [1.807, 2.05) is 6.92 Å². The van der Waals surface area contributed by atoms with Crippen molar-refractivity contribution in [3.05, 3.63) is 34.6 Å². The fourth-order valence-corrected chi connectivity index (χ4v) is 2.74. The minimum Gasteiger partial charge on any atom is -0.376 e. The van der Waals surface area contributed by atoms with Crippen molar-refractivity contribution in [2.24, 2.45) is 0 Å². The molecule has 1 atom stereocenters. The Labute approximate surface area is 120 Å². The van der Waals surface area contributed by atoms with Crippen LogP contribution in [0.25, 0.3) is 0 Å². The maximum atomic E-state index is 14.2. The molecule has 1 rings (SSSR count). The lowest BCUT2D eigenvalue weighted by Gasteiger charge is -2.39. The molecule has 0 radical (unpaired) electrons. The maximum absolute atomic E-state index is 14.2. The van der Waals surface area contributed by atoms with Crippen LogP contribution in [0.15, 0.2) is 18.2 Å². The summed E-state index contributed by atoms with van der Waals surface area (Å²) >= 11 is 5.82. The lowest BCUT2D eigenvalue weighted by molar-refractivity contribution is -0.0490. The van der Waals surface area contributed by atoms with E-state index in [2.05, 4.69) is 19.2 Å². The van der Waals surface area contributed by atoms with Crippen LogP contribution in [-0.4, -0.2) is 19.3 Å². The Hall–Kier alpha value is -0.640. The van der Waals surface area contributed by atoms with Crippen LogP contribution in [0.4, 0.5) is 4.39 Å². The lowest BCUT2D eigenvalue weighted by atomic mass is 9.83. The second-order valence-electron chi connectivity index (χ2n) is 4.63. The lowest BCUT2D eigenvalue weighted by Crippen LogP contribution is -2.45. The van der Waals surface area contributed by atoms with Gasteiger partial charge in [-0.05, 0) is 31.5 Å². The highest BCUT2D eigenvalue weighted by atomic mass is 35.5. The second-order valence-corrected chi connectivity index (χ2v) is 5.07. The SMILES string of the molecule is CCNC(c1ccc(Cl)cc1F)C(CC)(CC)OC. The number of rotatable bonds is 7. The molecular weight excluding hydrogens is 265 g/mol. The van der Waals surface area contributed by atoms with Crippen molar-refractivity contribution in [2.45, 2.75) is 45.3 Å². The van der Waals surface area contributed by atoms with Crippen molar-refractivity contribution in [3.63, 3.8) is 0 Å². The molecule has 0 amide bonds. The minimum atomic E-state index is -0.412. The van der Waals surface area contributed by atoms with Crippen LogP contribution in [-0.2, 0) is 4.74 Å². The molecule has 1 aromatic carbocycles. The zero-order valence-corrected chi connectivity index (χ0v) is 12.9. The molecule has 0 aromatic heterocycles. The number of halogens is 2. The molecule has 0 bridgehead atoms. The Kier molecular flexibility index (Phi) is 6.24. The van der Waals surface area contributed by atoms with Gasteiger partial charge in [-0.15, -0.1) is 0 Å². The first-order valence-electron chi connectivity index (χ1n) is 6.78. The Balaban J connectivity index is 3.25. The summed E-state index contributed by atoms with van der Waals surface area (Å²) in [6.07, 6.45) is 1.61. The highest BCUT2D eigenvalue weighted by Crippen LogP contribution is 2.36. The van der Waals surface area contributed by atoms with E-state index in [0.717, 1.165) is 19.4 Å². The summed E-state index contributed by atoms with van der Waals surface area (Å²) in [6.45, 7) is 6.88. The Morgan fingerprint density at radius 1 is 1.32 bits per heavy atom. The number of ether oxygens (including phenoxy) is 1. The molecule has 0 aliphatic heterocycles. The van der Waals surface area contributed by atoms with Crippen molar-refractivity contribution < 1.29 is 9.13 Å². The van der Waals surface area contributed by atoms with Crippen LogP contribution >= 0.6 is 11.6 Å². The first-order chi connectivity index (χ1) is 9.04. The summed E-state index contributed by atoms with van der Waals surface area (Å²) in [5.41, 5.74) is 0.196. The largest absolute Gasteiger partial charge is 0.376 e. The van der Waals surface area contributed by atoms with E-state index in [0.29, 0.717) is 10.6 Å². The monoisotopic (exact) mass is 287 g/mol. The smallest absolute Gasteiger partial charge is 0.129 e. The second kappa shape index (κ2) is 7.22. The van der Waals surface area contributed by atoms with Gasteiger partial charge in [-0.25, -0.2) is 4.39 Å². The fourth-order valence-electron chi connectivity index (χ4n) is 2.58. The van der Waals surface area contributed by atoms with Crippen molar-refractivity contribution in [1.82, 2.24) is 5.32 Å². The molecule has 4 heteroatoms. The number of benzene rings is 1. The van der Waals surface area contributed by atoms with Crippen molar-refractivity contribution in [3.8, 4) is 0 Å². The third kappa shape index (κ3) is 3.47. The normalized spacial score (nSPS) is 13.6. The fraction of sp³-hybridized carbons (Fsp3) is 0.600. The number of hydrogen-bond donors (Lipinski definition) is 1. The first kappa shape index (κ1) is 16.4. The Bertz CT molecular complexity index is 399.